The molecule has 1 rings (SSSR count). The molecule has 0 bridgehead atoms. The molecule has 1 heterocycles. The molecule has 16 heteroatoms. The van der Waals surface area contributed by atoms with Crippen LogP contribution in [0.5, 0.6) is 0 Å². The standard InChI is InChI=1S/C15H36N3O9P3.Fe/c1-4-25-28(19,20)13-16-7-9-17(14-29(21,22)26-5-2)11-12-18(10-8-16)15-30(23,24)27-6-3;/h4-15H2,1-3H3,(H,19,20)(H,21,22)(H,23,24);/q;+6/p-2. The molecule has 0 radical (unpaired) electrons. The summed E-state index contributed by atoms with van der Waals surface area (Å²) in [5.74, 6) is 0. The van der Waals surface area contributed by atoms with Gasteiger partial charge in [-0.05, 0) is 20.8 Å². The maximum absolute atomic E-state index is 12.2. The van der Waals surface area contributed by atoms with Crippen molar-refractivity contribution in [3.63, 3.8) is 0 Å². The summed E-state index contributed by atoms with van der Waals surface area (Å²) >= 11 is 0. The zero-order chi connectivity index (χ0) is 22.8. The van der Waals surface area contributed by atoms with Crippen molar-refractivity contribution in [1.82, 2.24) is 14.7 Å². The van der Waals surface area contributed by atoms with E-state index in [2.05, 4.69) is 0 Å². The fourth-order valence-corrected chi connectivity index (χ4v) is 6.84. The van der Waals surface area contributed by atoms with E-state index in [0.29, 0.717) is 39.3 Å². The minimum absolute atomic E-state index is 0. The van der Waals surface area contributed by atoms with Gasteiger partial charge in [0.15, 0.2) is 0 Å². The Bertz CT molecular complexity index is 563. The van der Waals surface area contributed by atoms with Crippen LogP contribution in [0.15, 0.2) is 0 Å². The minimum Gasteiger partial charge on any atom is -0.778 e. The van der Waals surface area contributed by atoms with Gasteiger partial charge in [-0.3, -0.25) is 19.3 Å². The molecule has 0 aliphatic carbocycles. The van der Waals surface area contributed by atoms with Gasteiger partial charge in [0.05, 0.1) is 32.4 Å². The first kappa shape index (κ1) is 31.8. The number of hydrogen-bond donors (Lipinski definition) is 1. The Morgan fingerprint density at radius 2 is 0.968 bits per heavy atom. The van der Waals surface area contributed by atoms with E-state index in [0.717, 1.165) is 0 Å². The van der Waals surface area contributed by atoms with Crippen LogP contribution >= 0.6 is 22.8 Å². The smallest absolute Gasteiger partial charge is 0.778 e. The largest absolute Gasteiger partial charge is 6.00 e. The third-order valence-corrected chi connectivity index (χ3v) is 8.52. The van der Waals surface area contributed by atoms with Gasteiger partial charge in [-0.25, -0.2) is 0 Å². The molecule has 0 aromatic heterocycles. The van der Waals surface area contributed by atoms with Crippen LogP contribution in [0.25, 0.3) is 0 Å². The summed E-state index contributed by atoms with van der Waals surface area (Å²) in [6, 6.07) is 0. The van der Waals surface area contributed by atoms with Gasteiger partial charge in [0.25, 0.3) is 0 Å². The van der Waals surface area contributed by atoms with Crippen LogP contribution in [0.3, 0.4) is 0 Å². The monoisotopic (exact) mass is 549 g/mol. The van der Waals surface area contributed by atoms with E-state index in [1.807, 2.05) is 0 Å². The van der Waals surface area contributed by atoms with E-state index >= 15 is 0 Å². The van der Waals surface area contributed by atoms with Crippen molar-refractivity contribution in [3.05, 3.63) is 0 Å². The maximum atomic E-state index is 12.2. The predicted octanol–water partition coefficient (Wildman–Crippen LogP) is 0.178. The Hall–Kier alpha value is 0.849. The van der Waals surface area contributed by atoms with Gasteiger partial charge in [-0.2, -0.15) is 0 Å². The molecule has 3 unspecified atom stereocenters. The SMILES string of the molecule is CCOP(=O)([O-])CN1CCN(CP(=O)([O-])OCC)CCN(CP(=O)(O)OCC)CC1.[Fe+6]. The van der Waals surface area contributed by atoms with Gasteiger partial charge < -0.3 is 37.4 Å². The van der Waals surface area contributed by atoms with Crippen LogP contribution in [0.4, 0.5) is 0 Å². The molecule has 0 aromatic carbocycles. The van der Waals surface area contributed by atoms with Crippen LogP contribution < -0.4 is 9.79 Å². The Balaban J connectivity index is 0.00000900. The first-order valence-electron chi connectivity index (χ1n) is 9.94. The van der Waals surface area contributed by atoms with Crippen molar-refractivity contribution in [3.8, 4) is 0 Å². The van der Waals surface area contributed by atoms with E-state index in [-0.39, 0.29) is 55.7 Å². The van der Waals surface area contributed by atoms with Crippen molar-refractivity contribution >= 4 is 22.8 Å². The fourth-order valence-electron chi connectivity index (χ4n) is 3.07. The summed E-state index contributed by atoms with van der Waals surface area (Å²) in [6.07, 6.45) is -0.889. The Labute approximate surface area is 195 Å². The topological polar surface area (TPSA) is 155 Å². The van der Waals surface area contributed by atoms with Gasteiger partial charge in [-0.1, -0.05) is 0 Å². The molecular formula is C15H34FeN3O9P3+4. The average Bonchev–Trinajstić information content (AvgIpc) is 2.67. The van der Waals surface area contributed by atoms with E-state index in [9.17, 15) is 28.4 Å². The fraction of sp³-hybridized carbons (Fsp3) is 1.00. The molecule has 3 atom stereocenters. The van der Waals surface area contributed by atoms with Crippen molar-refractivity contribution in [2.45, 2.75) is 20.8 Å². The van der Waals surface area contributed by atoms with Crippen LogP contribution in [-0.4, -0.2) is 97.5 Å². The van der Waals surface area contributed by atoms with Gasteiger partial charge >= 0.3 is 24.7 Å². The second kappa shape index (κ2) is 15.0. The van der Waals surface area contributed by atoms with Crippen molar-refractivity contribution < 1.29 is 59.0 Å². The van der Waals surface area contributed by atoms with Gasteiger partial charge in [0.2, 0.25) is 0 Å². The van der Waals surface area contributed by atoms with Gasteiger partial charge in [0, 0.05) is 39.3 Å². The van der Waals surface area contributed by atoms with Crippen LogP contribution in [0, 0.1) is 0 Å². The van der Waals surface area contributed by atoms with Gasteiger partial charge in [0.1, 0.15) is 21.5 Å². The van der Waals surface area contributed by atoms with E-state index in [1.165, 1.54) is 0 Å². The Kier molecular flexibility index (Phi) is 15.4. The summed E-state index contributed by atoms with van der Waals surface area (Å²) in [5.41, 5.74) is 0. The summed E-state index contributed by atoms with van der Waals surface area (Å²) in [5, 5.41) is 0. The van der Waals surface area contributed by atoms with E-state index in [1.54, 1.807) is 35.5 Å². The Morgan fingerprint density at radius 1 is 0.677 bits per heavy atom. The number of rotatable bonds is 12. The van der Waals surface area contributed by atoms with Gasteiger partial charge in [-0.15, -0.1) is 0 Å². The maximum Gasteiger partial charge on any atom is 6.00 e. The van der Waals surface area contributed by atoms with Crippen LogP contribution in [0.1, 0.15) is 20.8 Å². The molecule has 0 spiro atoms. The van der Waals surface area contributed by atoms with Crippen LogP contribution in [0.2, 0.25) is 0 Å². The quantitative estimate of drug-likeness (QED) is 0.261. The summed E-state index contributed by atoms with van der Waals surface area (Å²) in [6.45, 7) is 6.76. The summed E-state index contributed by atoms with van der Waals surface area (Å²) in [7, 11) is -12.0. The zero-order valence-corrected chi connectivity index (χ0v) is 22.0. The Morgan fingerprint density at radius 3 is 1.26 bits per heavy atom. The molecule has 1 N–H and O–H groups in total. The molecule has 0 aromatic rings. The molecule has 0 saturated carbocycles. The number of hydrogen-bond acceptors (Lipinski definition) is 11. The minimum atomic E-state index is -4.08. The third kappa shape index (κ3) is 14.0. The first-order chi connectivity index (χ1) is 13.9. The zero-order valence-electron chi connectivity index (χ0n) is 18.2. The second-order valence-electron chi connectivity index (χ2n) is 6.89. The molecule has 1 aliphatic rings. The normalized spacial score (nSPS) is 23.4. The summed E-state index contributed by atoms with van der Waals surface area (Å²) < 4.78 is 51.0. The number of nitrogens with zero attached hydrogens (tertiary/aromatic N) is 3. The molecule has 12 nitrogen and oxygen atoms in total. The van der Waals surface area contributed by atoms with Crippen molar-refractivity contribution in [2.75, 3.05) is 77.9 Å². The molecule has 0 amide bonds. The molecule has 182 valence electrons. The average molecular weight is 549 g/mol. The van der Waals surface area contributed by atoms with Crippen molar-refractivity contribution in [2.24, 2.45) is 0 Å². The second-order valence-corrected chi connectivity index (χ2v) is 12.2. The molecule has 1 fully saturated rings. The summed E-state index contributed by atoms with van der Waals surface area (Å²) in [4.78, 5) is 39.1. The third-order valence-electron chi connectivity index (χ3n) is 4.30. The molecular weight excluding hydrogens is 515 g/mol. The van der Waals surface area contributed by atoms with E-state index in [4.69, 9.17) is 13.6 Å². The van der Waals surface area contributed by atoms with Crippen molar-refractivity contribution in [1.29, 1.82) is 0 Å². The van der Waals surface area contributed by atoms with E-state index < -0.39 is 22.8 Å². The van der Waals surface area contributed by atoms with Crippen LogP contribution in [-0.2, 0) is 44.3 Å². The first-order valence-corrected chi connectivity index (χ1v) is 15.2. The molecule has 31 heavy (non-hydrogen) atoms. The molecule has 1 saturated heterocycles. The molecule has 1 aliphatic heterocycles. The predicted molar refractivity (Wildman–Crippen MR) is 109 cm³/mol.